The van der Waals surface area contributed by atoms with E-state index in [-0.39, 0.29) is 5.91 Å². The number of hydrogen-bond acceptors (Lipinski definition) is 5. The first-order chi connectivity index (χ1) is 15.8. The highest BCUT2D eigenvalue weighted by Crippen LogP contribution is 2.28. The summed E-state index contributed by atoms with van der Waals surface area (Å²) >= 11 is 0. The van der Waals surface area contributed by atoms with Crippen LogP contribution in [0.15, 0.2) is 47.5 Å². The highest BCUT2D eigenvalue weighted by atomic mass is 16.2. The van der Waals surface area contributed by atoms with E-state index in [0.717, 1.165) is 54.3 Å². The third-order valence-corrected chi connectivity index (χ3v) is 6.25. The van der Waals surface area contributed by atoms with Gasteiger partial charge in [-0.05, 0) is 44.2 Å². The topological polar surface area (TPSA) is 80.3 Å². The second-order valence-electron chi connectivity index (χ2n) is 8.89. The van der Waals surface area contributed by atoms with Crippen molar-refractivity contribution in [3.05, 3.63) is 59.2 Å². The van der Waals surface area contributed by atoms with E-state index in [4.69, 9.17) is 4.99 Å². The summed E-state index contributed by atoms with van der Waals surface area (Å²) in [6.07, 6.45) is -1.01. The fourth-order valence-electron chi connectivity index (χ4n) is 4.36. The van der Waals surface area contributed by atoms with Gasteiger partial charge in [0.05, 0.1) is 11.4 Å². The molecule has 0 saturated carbocycles. The molecule has 2 aromatic carbocycles. The molecular formula is C25H32N6O2. The number of likely N-dealkylation sites (N-methyl/N-ethyl adjacent to an activating group) is 2. The van der Waals surface area contributed by atoms with Crippen molar-refractivity contribution in [3.63, 3.8) is 0 Å². The molecule has 174 valence electrons. The number of nitrogens with zero attached hydrogens (tertiary/aromatic N) is 4. The second-order valence-corrected chi connectivity index (χ2v) is 8.89. The van der Waals surface area contributed by atoms with Crippen molar-refractivity contribution in [2.45, 2.75) is 20.0 Å². The van der Waals surface area contributed by atoms with E-state index in [0.29, 0.717) is 12.2 Å². The van der Waals surface area contributed by atoms with Gasteiger partial charge in [0, 0.05) is 51.0 Å². The van der Waals surface area contributed by atoms with E-state index in [1.165, 1.54) is 0 Å². The number of piperazine rings is 1. The van der Waals surface area contributed by atoms with Crippen LogP contribution < -0.4 is 15.5 Å². The third-order valence-electron chi connectivity index (χ3n) is 6.25. The number of aliphatic imine (C=N–C) groups is 1. The Morgan fingerprint density at radius 2 is 1.79 bits per heavy atom. The van der Waals surface area contributed by atoms with Gasteiger partial charge >= 0.3 is 6.03 Å². The van der Waals surface area contributed by atoms with E-state index in [1.54, 1.807) is 11.9 Å². The first-order valence-electron chi connectivity index (χ1n) is 11.3. The Morgan fingerprint density at radius 1 is 1.06 bits per heavy atom. The van der Waals surface area contributed by atoms with Gasteiger partial charge in [0.2, 0.25) is 6.17 Å². The molecular weight excluding hydrogens is 416 g/mol. The Labute approximate surface area is 195 Å². The molecule has 8 nitrogen and oxygen atoms in total. The number of amides is 3. The van der Waals surface area contributed by atoms with Gasteiger partial charge in [-0.2, -0.15) is 0 Å². The lowest BCUT2D eigenvalue weighted by Gasteiger charge is -2.32. The van der Waals surface area contributed by atoms with Gasteiger partial charge in [-0.15, -0.1) is 0 Å². The molecule has 33 heavy (non-hydrogen) atoms. The summed E-state index contributed by atoms with van der Waals surface area (Å²) in [6.45, 7) is 8.44. The molecule has 1 atom stereocenters. The second kappa shape index (κ2) is 9.72. The lowest BCUT2D eigenvalue weighted by atomic mass is 10.0. The van der Waals surface area contributed by atoms with E-state index in [9.17, 15) is 9.59 Å². The summed E-state index contributed by atoms with van der Waals surface area (Å²) in [6, 6.07) is 13.1. The van der Waals surface area contributed by atoms with Gasteiger partial charge in [-0.3, -0.25) is 14.7 Å². The van der Waals surface area contributed by atoms with Crippen LogP contribution in [0, 0.1) is 13.8 Å². The molecule has 0 radical (unpaired) electrons. The van der Waals surface area contributed by atoms with Crippen molar-refractivity contribution in [2.75, 3.05) is 57.0 Å². The number of urea groups is 1. The minimum atomic E-state index is -1.01. The van der Waals surface area contributed by atoms with E-state index >= 15 is 0 Å². The van der Waals surface area contributed by atoms with Crippen LogP contribution in [-0.2, 0) is 4.79 Å². The number of benzodiazepines with no additional fused rings is 1. The van der Waals surface area contributed by atoms with Gasteiger partial charge in [0.25, 0.3) is 5.91 Å². The molecule has 2 aromatic rings. The van der Waals surface area contributed by atoms with Crippen molar-refractivity contribution in [1.82, 2.24) is 15.1 Å². The minimum absolute atomic E-state index is 0.265. The zero-order valence-electron chi connectivity index (χ0n) is 19.8. The average Bonchev–Trinajstić information content (AvgIpc) is 2.87. The molecule has 2 N–H and O–H groups in total. The summed E-state index contributed by atoms with van der Waals surface area (Å²) < 4.78 is 0. The third kappa shape index (κ3) is 5.23. The molecule has 2 heterocycles. The van der Waals surface area contributed by atoms with Crippen molar-refractivity contribution >= 4 is 29.0 Å². The standard InChI is InChI=1S/C25H32N6O2/c1-17-7-5-9-19(15-17)26-25(33)28-23-24(32)30(4)22-18(2)8-6-10-20(22)21(27-23)16-31-13-11-29(3)12-14-31/h5-10,15,23H,11-14,16H2,1-4H3,(H2,26,28,33). The molecule has 0 bridgehead atoms. The van der Waals surface area contributed by atoms with E-state index in [1.807, 2.05) is 56.3 Å². The maximum absolute atomic E-state index is 13.3. The van der Waals surface area contributed by atoms with Gasteiger partial charge in [-0.25, -0.2) is 4.79 Å². The van der Waals surface area contributed by atoms with Crippen LogP contribution in [0.4, 0.5) is 16.2 Å². The SMILES string of the molecule is Cc1cccc(NC(=O)NC2N=C(CN3CCN(C)CC3)c3cccc(C)c3N(C)C2=O)c1. The molecule has 2 aliphatic heterocycles. The number of aryl methyl sites for hydroxylation is 2. The van der Waals surface area contributed by atoms with Crippen molar-refractivity contribution in [2.24, 2.45) is 4.99 Å². The Balaban J connectivity index is 1.61. The monoisotopic (exact) mass is 448 g/mol. The number of anilines is 2. The summed E-state index contributed by atoms with van der Waals surface area (Å²) in [4.78, 5) is 37.2. The fraction of sp³-hybridized carbons (Fsp3) is 0.400. The molecule has 2 aliphatic rings. The predicted octanol–water partition coefficient (Wildman–Crippen LogP) is 2.46. The predicted molar refractivity (Wildman–Crippen MR) is 132 cm³/mol. The van der Waals surface area contributed by atoms with Crippen LogP contribution in [0.3, 0.4) is 0 Å². The van der Waals surface area contributed by atoms with Crippen LogP contribution in [0.2, 0.25) is 0 Å². The Kier molecular flexibility index (Phi) is 6.76. The Morgan fingerprint density at radius 3 is 2.52 bits per heavy atom. The molecule has 1 fully saturated rings. The summed E-state index contributed by atoms with van der Waals surface area (Å²) in [7, 11) is 3.87. The van der Waals surface area contributed by atoms with Crippen LogP contribution in [0.1, 0.15) is 16.7 Å². The van der Waals surface area contributed by atoms with Crippen LogP contribution in [-0.4, -0.2) is 80.4 Å². The number of carbonyl (C=O) groups excluding carboxylic acids is 2. The molecule has 0 aliphatic carbocycles. The molecule has 8 heteroatoms. The van der Waals surface area contributed by atoms with Crippen LogP contribution >= 0.6 is 0 Å². The molecule has 1 saturated heterocycles. The summed E-state index contributed by atoms with van der Waals surface area (Å²) in [5, 5.41) is 5.59. The molecule has 4 rings (SSSR count). The minimum Gasteiger partial charge on any atom is -0.311 e. The Bertz CT molecular complexity index is 1070. The first-order valence-corrected chi connectivity index (χ1v) is 11.3. The van der Waals surface area contributed by atoms with E-state index in [2.05, 4.69) is 27.5 Å². The Hall–Kier alpha value is -3.23. The highest BCUT2D eigenvalue weighted by Gasteiger charge is 2.32. The quantitative estimate of drug-likeness (QED) is 0.753. The van der Waals surface area contributed by atoms with Gasteiger partial charge in [0.15, 0.2) is 0 Å². The lowest BCUT2D eigenvalue weighted by Crippen LogP contribution is -2.48. The summed E-state index contributed by atoms with van der Waals surface area (Å²) in [5.74, 6) is -0.265. The average molecular weight is 449 g/mol. The molecule has 1 unspecified atom stereocenters. The summed E-state index contributed by atoms with van der Waals surface area (Å²) in [5.41, 5.74) is 5.31. The van der Waals surface area contributed by atoms with Gasteiger partial charge in [-0.1, -0.05) is 30.3 Å². The lowest BCUT2D eigenvalue weighted by molar-refractivity contribution is -0.119. The molecule has 0 spiro atoms. The van der Waals surface area contributed by atoms with Crippen molar-refractivity contribution in [1.29, 1.82) is 0 Å². The normalized spacial score (nSPS) is 19.5. The number of rotatable bonds is 4. The largest absolute Gasteiger partial charge is 0.321 e. The smallest absolute Gasteiger partial charge is 0.311 e. The number of para-hydroxylation sites is 1. The van der Waals surface area contributed by atoms with Crippen LogP contribution in [0.25, 0.3) is 0 Å². The first kappa shape index (κ1) is 22.9. The molecule has 3 amide bonds. The zero-order chi connectivity index (χ0) is 23.5. The zero-order valence-corrected chi connectivity index (χ0v) is 19.8. The van der Waals surface area contributed by atoms with Gasteiger partial charge < -0.3 is 20.4 Å². The highest BCUT2D eigenvalue weighted by molar-refractivity contribution is 6.14. The number of fused-ring (bicyclic) bond motifs is 1. The fourth-order valence-corrected chi connectivity index (χ4v) is 4.36. The van der Waals surface area contributed by atoms with Crippen molar-refractivity contribution in [3.8, 4) is 0 Å². The number of carbonyl (C=O) groups is 2. The maximum Gasteiger partial charge on any atom is 0.321 e. The number of hydrogen-bond donors (Lipinski definition) is 2. The van der Waals surface area contributed by atoms with Crippen molar-refractivity contribution < 1.29 is 9.59 Å². The van der Waals surface area contributed by atoms with Gasteiger partial charge in [0.1, 0.15) is 0 Å². The number of nitrogens with one attached hydrogen (secondary N) is 2. The number of benzene rings is 2. The van der Waals surface area contributed by atoms with E-state index < -0.39 is 12.2 Å². The molecule has 0 aromatic heterocycles. The maximum atomic E-state index is 13.3. The van der Waals surface area contributed by atoms with Crippen LogP contribution in [0.5, 0.6) is 0 Å².